The highest BCUT2D eigenvalue weighted by atomic mass is 15.2. The molecule has 0 bridgehead atoms. The van der Waals surface area contributed by atoms with E-state index in [9.17, 15) is 0 Å². The lowest BCUT2D eigenvalue weighted by Gasteiger charge is -2.16. The zero-order chi connectivity index (χ0) is 13.4. The Morgan fingerprint density at radius 1 is 1.00 bits per heavy atom. The van der Waals surface area contributed by atoms with Gasteiger partial charge >= 0.3 is 0 Å². The van der Waals surface area contributed by atoms with Crippen LogP contribution >= 0.6 is 0 Å². The van der Waals surface area contributed by atoms with Crippen molar-refractivity contribution < 1.29 is 0 Å². The Morgan fingerprint density at radius 2 is 1.85 bits per heavy atom. The maximum atomic E-state index is 4.64. The Bertz CT molecular complexity index is 613. The monoisotopic (exact) mass is 265 g/mol. The van der Waals surface area contributed by atoms with Crippen molar-refractivity contribution in [3.63, 3.8) is 0 Å². The van der Waals surface area contributed by atoms with Gasteiger partial charge in [-0.2, -0.15) is 0 Å². The summed E-state index contributed by atoms with van der Waals surface area (Å²) in [4.78, 5) is 7.01. The molecule has 1 aromatic carbocycles. The molecular formula is C17H19N3. The third-order valence-corrected chi connectivity index (χ3v) is 4.33. The van der Waals surface area contributed by atoms with Gasteiger partial charge in [-0.1, -0.05) is 6.07 Å². The van der Waals surface area contributed by atoms with Crippen molar-refractivity contribution in [3.05, 3.63) is 42.1 Å². The number of nitrogens with zero attached hydrogens (tertiary/aromatic N) is 2. The van der Waals surface area contributed by atoms with Crippen molar-refractivity contribution in [3.8, 4) is 11.1 Å². The lowest BCUT2D eigenvalue weighted by molar-refractivity contribution is 0.938. The highest BCUT2D eigenvalue weighted by molar-refractivity contribution is 5.70. The molecule has 1 fully saturated rings. The molecule has 102 valence electrons. The molecule has 4 rings (SSSR count). The van der Waals surface area contributed by atoms with Crippen LogP contribution in [0.3, 0.4) is 0 Å². The van der Waals surface area contributed by atoms with Crippen LogP contribution in [0.5, 0.6) is 0 Å². The molecule has 1 saturated heterocycles. The SMILES string of the molecule is c1cc(N2CCCC2)ncc1-c1ccc2c(c1)CCN2. The van der Waals surface area contributed by atoms with Crippen LogP contribution in [0.15, 0.2) is 36.5 Å². The number of hydrogen-bond acceptors (Lipinski definition) is 3. The van der Waals surface area contributed by atoms with E-state index in [2.05, 4.69) is 45.5 Å². The summed E-state index contributed by atoms with van der Waals surface area (Å²) in [6.07, 6.45) is 5.72. The summed E-state index contributed by atoms with van der Waals surface area (Å²) in [5.41, 5.74) is 5.19. The summed E-state index contributed by atoms with van der Waals surface area (Å²) in [6.45, 7) is 3.36. The smallest absolute Gasteiger partial charge is 0.128 e. The van der Waals surface area contributed by atoms with E-state index in [4.69, 9.17) is 0 Å². The molecule has 3 nitrogen and oxygen atoms in total. The lowest BCUT2D eigenvalue weighted by atomic mass is 10.0. The van der Waals surface area contributed by atoms with Gasteiger partial charge in [-0.05, 0) is 54.7 Å². The Balaban J connectivity index is 1.62. The number of anilines is 2. The second kappa shape index (κ2) is 4.82. The third kappa shape index (κ3) is 2.03. The number of fused-ring (bicyclic) bond motifs is 1. The molecule has 2 aliphatic rings. The molecule has 0 spiro atoms. The maximum Gasteiger partial charge on any atom is 0.128 e. The van der Waals surface area contributed by atoms with Gasteiger partial charge in [0.05, 0.1) is 0 Å². The minimum Gasteiger partial charge on any atom is -0.384 e. The van der Waals surface area contributed by atoms with E-state index in [0.29, 0.717) is 0 Å². The number of hydrogen-bond donors (Lipinski definition) is 1. The van der Waals surface area contributed by atoms with Crippen molar-refractivity contribution >= 4 is 11.5 Å². The molecule has 2 aromatic rings. The number of benzene rings is 1. The van der Waals surface area contributed by atoms with Gasteiger partial charge in [0.2, 0.25) is 0 Å². The van der Waals surface area contributed by atoms with Gasteiger partial charge in [0, 0.05) is 37.1 Å². The second-order valence-corrected chi connectivity index (χ2v) is 5.65. The average Bonchev–Trinajstić information content (AvgIpc) is 3.18. The Labute approximate surface area is 119 Å². The van der Waals surface area contributed by atoms with Gasteiger partial charge in [-0.3, -0.25) is 0 Å². The fourth-order valence-corrected chi connectivity index (χ4v) is 3.17. The van der Waals surface area contributed by atoms with Crippen LogP contribution in [0, 0.1) is 0 Å². The summed E-state index contributed by atoms with van der Waals surface area (Å²) < 4.78 is 0. The summed E-state index contributed by atoms with van der Waals surface area (Å²) in [7, 11) is 0. The first-order valence-electron chi connectivity index (χ1n) is 7.48. The molecule has 0 saturated carbocycles. The first kappa shape index (κ1) is 11.8. The molecule has 0 unspecified atom stereocenters. The molecule has 20 heavy (non-hydrogen) atoms. The zero-order valence-corrected chi connectivity index (χ0v) is 11.6. The van der Waals surface area contributed by atoms with Gasteiger partial charge in [0.1, 0.15) is 5.82 Å². The number of rotatable bonds is 2. The zero-order valence-electron chi connectivity index (χ0n) is 11.6. The Morgan fingerprint density at radius 3 is 2.65 bits per heavy atom. The van der Waals surface area contributed by atoms with Crippen LogP contribution in [0.25, 0.3) is 11.1 Å². The highest BCUT2D eigenvalue weighted by Gasteiger charge is 2.14. The van der Waals surface area contributed by atoms with Crippen LogP contribution < -0.4 is 10.2 Å². The van der Waals surface area contributed by atoms with Gasteiger partial charge in [-0.25, -0.2) is 4.98 Å². The molecule has 0 radical (unpaired) electrons. The average molecular weight is 265 g/mol. The van der Waals surface area contributed by atoms with E-state index in [1.807, 2.05) is 6.20 Å². The molecule has 0 atom stereocenters. The predicted octanol–water partition coefficient (Wildman–Crippen LogP) is 3.32. The number of aromatic nitrogens is 1. The quantitative estimate of drug-likeness (QED) is 0.903. The van der Waals surface area contributed by atoms with E-state index < -0.39 is 0 Å². The Kier molecular flexibility index (Phi) is 2.84. The third-order valence-electron chi connectivity index (χ3n) is 4.33. The van der Waals surface area contributed by atoms with Gasteiger partial charge in [0.25, 0.3) is 0 Å². The van der Waals surface area contributed by atoms with Gasteiger partial charge < -0.3 is 10.2 Å². The van der Waals surface area contributed by atoms with Gasteiger partial charge in [0.15, 0.2) is 0 Å². The van der Waals surface area contributed by atoms with Crippen molar-refractivity contribution in [2.45, 2.75) is 19.3 Å². The topological polar surface area (TPSA) is 28.2 Å². The summed E-state index contributed by atoms with van der Waals surface area (Å²) in [5, 5.41) is 3.40. The standard InChI is InChI=1S/C17H19N3/c1-2-10-20(9-1)17-6-4-15(12-19-17)13-3-5-16-14(11-13)7-8-18-16/h3-6,11-12,18H,1-2,7-10H2. The number of nitrogens with one attached hydrogen (secondary N) is 1. The normalized spacial score (nSPS) is 17.1. The van der Waals surface area contributed by atoms with Crippen molar-refractivity contribution in [1.29, 1.82) is 0 Å². The van der Waals surface area contributed by atoms with Crippen molar-refractivity contribution in [2.75, 3.05) is 29.9 Å². The largest absolute Gasteiger partial charge is 0.384 e. The van der Waals surface area contributed by atoms with E-state index in [0.717, 1.165) is 31.9 Å². The van der Waals surface area contributed by atoms with E-state index in [1.54, 1.807) is 0 Å². The molecule has 2 aliphatic heterocycles. The molecule has 3 heteroatoms. The Hall–Kier alpha value is -2.03. The molecular weight excluding hydrogens is 246 g/mol. The molecule has 1 N–H and O–H groups in total. The molecule has 0 amide bonds. The molecule has 1 aromatic heterocycles. The highest BCUT2D eigenvalue weighted by Crippen LogP contribution is 2.29. The lowest BCUT2D eigenvalue weighted by Crippen LogP contribution is -2.18. The van der Waals surface area contributed by atoms with Crippen LogP contribution in [-0.4, -0.2) is 24.6 Å². The van der Waals surface area contributed by atoms with Crippen LogP contribution in [0.4, 0.5) is 11.5 Å². The minimum absolute atomic E-state index is 1.06. The summed E-state index contributed by atoms with van der Waals surface area (Å²) in [6, 6.07) is 11.0. The van der Waals surface area contributed by atoms with Crippen molar-refractivity contribution in [1.82, 2.24) is 4.98 Å². The van der Waals surface area contributed by atoms with E-state index >= 15 is 0 Å². The van der Waals surface area contributed by atoms with E-state index in [-0.39, 0.29) is 0 Å². The minimum atomic E-state index is 1.06. The van der Waals surface area contributed by atoms with Crippen LogP contribution in [0.2, 0.25) is 0 Å². The summed E-state index contributed by atoms with van der Waals surface area (Å²) in [5.74, 6) is 1.12. The van der Waals surface area contributed by atoms with Gasteiger partial charge in [-0.15, -0.1) is 0 Å². The predicted molar refractivity (Wildman–Crippen MR) is 83.3 cm³/mol. The van der Waals surface area contributed by atoms with Crippen LogP contribution in [-0.2, 0) is 6.42 Å². The molecule has 3 heterocycles. The second-order valence-electron chi connectivity index (χ2n) is 5.65. The van der Waals surface area contributed by atoms with Crippen LogP contribution in [0.1, 0.15) is 18.4 Å². The molecule has 0 aliphatic carbocycles. The summed E-state index contributed by atoms with van der Waals surface area (Å²) >= 11 is 0. The first-order chi connectivity index (χ1) is 9.90. The van der Waals surface area contributed by atoms with Crippen molar-refractivity contribution in [2.24, 2.45) is 0 Å². The first-order valence-corrected chi connectivity index (χ1v) is 7.48. The fourth-order valence-electron chi connectivity index (χ4n) is 3.17. The van der Waals surface area contributed by atoms with E-state index in [1.165, 1.54) is 35.2 Å². The number of pyridine rings is 1. The maximum absolute atomic E-state index is 4.64. The fraction of sp³-hybridized carbons (Fsp3) is 0.353.